The Balaban J connectivity index is 1.72. The molecule has 0 aliphatic rings. The lowest BCUT2D eigenvalue weighted by atomic mass is 10.1. The van der Waals surface area contributed by atoms with E-state index >= 15 is 0 Å². The Bertz CT molecular complexity index is 802. The number of hydrogen-bond donors (Lipinski definition) is 2. The smallest absolute Gasteiger partial charge is 0.338 e. The van der Waals surface area contributed by atoms with Crippen LogP contribution < -0.4 is 15.8 Å². The SMILES string of the molecule is Cc1ccccc1CCNC(=O)COC(=O)c1ccc(OCC(N)=O)cc1. The number of aryl methyl sites for hydroxylation is 1. The van der Waals surface area contributed by atoms with E-state index in [0.29, 0.717) is 18.7 Å². The van der Waals surface area contributed by atoms with Gasteiger partial charge in [0.1, 0.15) is 5.75 Å². The van der Waals surface area contributed by atoms with Crippen LogP contribution in [0.4, 0.5) is 0 Å². The molecule has 2 aromatic carbocycles. The molecule has 0 saturated heterocycles. The van der Waals surface area contributed by atoms with Crippen LogP contribution in [0.2, 0.25) is 0 Å². The molecule has 7 heteroatoms. The molecule has 2 amide bonds. The largest absolute Gasteiger partial charge is 0.484 e. The third kappa shape index (κ3) is 6.81. The predicted molar refractivity (Wildman–Crippen MR) is 99.3 cm³/mol. The highest BCUT2D eigenvalue weighted by Gasteiger charge is 2.10. The first-order valence-corrected chi connectivity index (χ1v) is 8.45. The van der Waals surface area contributed by atoms with Crippen molar-refractivity contribution in [2.24, 2.45) is 5.73 Å². The number of carbonyl (C=O) groups excluding carboxylic acids is 3. The molecule has 0 bridgehead atoms. The molecule has 2 rings (SSSR count). The number of hydrogen-bond acceptors (Lipinski definition) is 5. The van der Waals surface area contributed by atoms with Crippen molar-refractivity contribution in [1.82, 2.24) is 5.32 Å². The van der Waals surface area contributed by atoms with E-state index in [-0.39, 0.29) is 24.7 Å². The van der Waals surface area contributed by atoms with Crippen molar-refractivity contribution in [2.45, 2.75) is 13.3 Å². The van der Waals surface area contributed by atoms with Crippen LogP contribution >= 0.6 is 0 Å². The summed E-state index contributed by atoms with van der Waals surface area (Å²) in [5.41, 5.74) is 7.59. The molecule has 3 N–H and O–H groups in total. The van der Waals surface area contributed by atoms with Crippen molar-refractivity contribution in [1.29, 1.82) is 0 Å². The summed E-state index contributed by atoms with van der Waals surface area (Å²) >= 11 is 0. The van der Waals surface area contributed by atoms with E-state index in [1.807, 2.05) is 31.2 Å². The Kier molecular flexibility index (Phi) is 7.37. The summed E-state index contributed by atoms with van der Waals surface area (Å²) in [6.07, 6.45) is 0.707. The van der Waals surface area contributed by atoms with Crippen molar-refractivity contribution in [3.63, 3.8) is 0 Å². The standard InChI is InChI=1S/C20H22N2O5/c1-14-4-2-3-5-15(14)10-11-22-19(24)13-27-20(25)16-6-8-17(9-7-16)26-12-18(21)23/h2-9H,10-13H2,1H3,(H2,21,23)(H,22,24). The number of ether oxygens (including phenoxy) is 2. The molecule has 7 nitrogen and oxygen atoms in total. The van der Waals surface area contributed by atoms with Crippen LogP contribution in [0, 0.1) is 6.92 Å². The van der Waals surface area contributed by atoms with Crippen LogP contribution in [0.1, 0.15) is 21.5 Å². The summed E-state index contributed by atoms with van der Waals surface area (Å²) in [4.78, 5) is 34.4. The summed E-state index contributed by atoms with van der Waals surface area (Å²) in [5.74, 6) is -1.17. The van der Waals surface area contributed by atoms with Crippen LogP contribution in [0.25, 0.3) is 0 Å². The fourth-order valence-corrected chi connectivity index (χ4v) is 2.33. The van der Waals surface area contributed by atoms with E-state index in [1.165, 1.54) is 29.8 Å². The molecule has 0 spiro atoms. The number of nitrogens with two attached hydrogens (primary N) is 1. The summed E-state index contributed by atoms with van der Waals surface area (Å²) in [6.45, 7) is 1.88. The number of esters is 1. The second-order valence-corrected chi connectivity index (χ2v) is 5.88. The maximum Gasteiger partial charge on any atom is 0.338 e. The van der Waals surface area contributed by atoms with E-state index in [4.69, 9.17) is 15.2 Å². The first-order valence-electron chi connectivity index (χ1n) is 8.45. The minimum atomic E-state index is -0.620. The van der Waals surface area contributed by atoms with Gasteiger partial charge in [-0.25, -0.2) is 4.79 Å². The maximum atomic E-state index is 11.9. The third-order valence-corrected chi connectivity index (χ3v) is 3.78. The highest BCUT2D eigenvalue weighted by Crippen LogP contribution is 2.13. The maximum absolute atomic E-state index is 11.9. The normalized spacial score (nSPS) is 10.1. The number of primary amides is 1. The van der Waals surface area contributed by atoms with E-state index < -0.39 is 11.9 Å². The molecule has 0 aromatic heterocycles. The Morgan fingerprint density at radius 2 is 1.70 bits per heavy atom. The van der Waals surface area contributed by atoms with Crippen molar-refractivity contribution in [3.8, 4) is 5.75 Å². The molecule has 2 aromatic rings. The van der Waals surface area contributed by atoms with Gasteiger partial charge in [0, 0.05) is 6.54 Å². The van der Waals surface area contributed by atoms with Gasteiger partial charge in [-0.1, -0.05) is 24.3 Å². The summed E-state index contributed by atoms with van der Waals surface area (Å²) < 4.78 is 10.1. The van der Waals surface area contributed by atoms with Gasteiger partial charge >= 0.3 is 5.97 Å². The third-order valence-electron chi connectivity index (χ3n) is 3.78. The predicted octanol–water partition coefficient (Wildman–Crippen LogP) is 1.37. The van der Waals surface area contributed by atoms with Gasteiger partial charge in [-0.15, -0.1) is 0 Å². The highest BCUT2D eigenvalue weighted by atomic mass is 16.5. The number of benzene rings is 2. The number of amides is 2. The van der Waals surface area contributed by atoms with Gasteiger partial charge in [0.05, 0.1) is 5.56 Å². The monoisotopic (exact) mass is 370 g/mol. The van der Waals surface area contributed by atoms with E-state index in [1.54, 1.807) is 0 Å². The summed E-state index contributed by atoms with van der Waals surface area (Å²) in [7, 11) is 0. The van der Waals surface area contributed by atoms with Gasteiger partial charge in [-0.2, -0.15) is 0 Å². The molecule has 27 heavy (non-hydrogen) atoms. The Hall–Kier alpha value is -3.35. The van der Waals surface area contributed by atoms with Gasteiger partial charge in [0.25, 0.3) is 11.8 Å². The topological polar surface area (TPSA) is 108 Å². The van der Waals surface area contributed by atoms with Gasteiger partial charge in [0.15, 0.2) is 13.2 Å². The lowest BCUT2D eigenvalue weighted by molar-refractivity contribution is -0.124. The van der Waals surface area contributed by atoms with Crippen molar-refractivity contribution in [2.75, 3.05) is 19.8 Å². The van der Waals surface area contributed by atoms with Gasteiger partial charge < -0.3 is 20.5 Å². The Morgan fingerprint density at radius 1 is 1.00 bits per heavy atom. The fraction of sp³-hybridized carbons (Fsp3) is 0.250. The molecule has 0 aliphatic carbocycles. The molecule has 0 aliphatic heterocycles. The molecule has 0 saturated carbocycles. The second-order valence-electron chi connectivity index (χ2n) is 5.88. The molecule has 0 atom stereocenters. The van der Waals surface area contributed by atoms with Crippen LogP contribution in [-0.2, 0) is 20.7 Å². The zero-order valence-electron chi connectivity index (χ0n) is 15.1. The number of nitrogens with one attached hydrogen (secondary N) is 1. The summed E-state index contributed by atoms with van der Waals surface area (Å²) in [6, 6.07) is 13.9. The molecular weight excluding hydrogens is 348 g/mol. The first kappa shape index (κ1) is 20.0. The van der Waals surface area contributed by atoms with Gasteiger partial charge in [0.2, 0.25) is 0 Å². The lowest BCUT2D eigenvalue weighted by Crippen LogP contribution is -2.30. The zero-order valence-corrected chi connectivity index (χ0v) is 15.1. The van der Waals surface area contributed by atoms with Crippen molar-refractivity contribution < 1.29 is 23.9 Å². The van der Waals surface area contributed by atoms with E-state index in [2.05, 4.69) is 5.32 Å². The number of carbonyl (C=O) groups is 3. The fourth-order valence-electron chi connectivity index (χ4n) is 2.33. The zero-order chi connectivity index (χ0) is 19.6. The quantitative estimate of drug-likeness (QED) is 0.648. The summed E-state index contributed by atoms with van der Waals surface area (Å²) in [5, 5.41) is 2.72. The van der Waals surface area contributed by atoms with Crippen molar-refractivity contribution >= 4 is 17.8 Å². The van der Waals surface area contributed by atoms with Crippen LogP contribution in [0.3, 0.4) is 0 Å². The van der Waals surface area contributed by atoms with Crippen LogP contribution in [0.15, 0.2) is 48.5 Å². The van der Waals surface area contributed by atoms with Crippen molar-refractivity contribution in [3.05, 3.63) is 65.2 Å². The average Bonchev–Trinajstić information content (AvgIpc) is 2.66. The number of rotatable bonds is 9. The minimum absolute atomic E-state index is 0.244. The van der Waals surface area contributed by atoms with Gasteiger partial charge in [-0.3, -0.25) is 9.59 Å². The Labute approximate surface area is 157 Å². The van der Waals surface area contributed by atoms with E-state index in [0.717, 1.165) is 5.56 Å². The second kappa shape index (κ2) is 9.96. The van der Waals surface area contributed by atoms with Gasteiger partial charge in [-0.05, 0) is 48.7 Å². The first-order chi connectivity index (χ1) is 13.0. The van der Waals surface area contributed by atoms with Crippen LogP contribution in [-0.4, -0.2) is 37.5 Å². The molecule has 0 fully saturated rings. The minimum Gasteiger partial charge on any atom is -0.484 e. The lowest BCUT2D eigenvalue weighted by Gasteiger charge is -2.08. The average molecular weight is 370 g/mol. The molecule has 142 valence electrons. The highest BCUT2D eigenvalue weighted by molar-refractivity contribution is 5.91. The Morgan fingerprint density at radius 3 is 2.37 bits per heavy atom. The van der Waals surface area contributed by atoms with E-state index in [9.17, 15) is 14.4 Å². The molecule has 0 unspecified atom stereocenters. The molecule has 0 radical (unpaired) electrons. The molecular formula is C20H22N2O5. The molecule has 0 heterocycles. The van der Waals surface area contributed by atoms with Crippen LogP contribution in [0.5, 0.6) is 5.75 Å².